The fourth-order valence-corrected chi connectivity index (χ4v) is 11.8. The fourth-order valence-electron chi connectivity index (χ4n) is 8.72. The molecular weight excluding hydrogens is 647 g/mol. The summed E-state index contributed by atoms with van der Waals surface area (Å²) in [5, 5.41) is 5.41. The molecule has 0 spiro atoms. The van der Waals surface area contributed by atoms with Crippen molar-refractivity contribution in [3.8, 4) is 67.5 Å². The Bertz CT molecular complexity index is 2740. The molecule has 8 aromatic rings. The van der Waals surface area contributed by atoms with Gasteiger partial charge in [-0.1, -0.05) is 173 Å². The van der Waals surface area contributed by atoms with Crippen LogP contribution >= 0.6 is 0 Å². The molecular formula is C48H37N3Si. The molecule has 1 aromatic heterocycles. The van der Waals surface area contributed by atoms with Gasteiger partial charge < -0.3 is 0 Å². The van der Waals surface area contributed by atoms with E-state index in [-0.39, 0.29) is 5.41 Å². The van der Waals surface area contributed by atoms with E-state index < -0.39 is 8.07 Å². The van der Waals surface area contributed by atoms with Crippen molar-refractivity contribution in [3.05, 3.63) is 163 Å². The van der Waals surface area contributed by atoms with Crippen molar-refractivity contribution in [3.63, 3.8) is 0 Å². The van der Waals surface area contributed by atoms with Crippen molar-refractivity contribution in [2.75, 3.05) is 0 Å². The van der Waals surface area contributed by atoms with Crippen LogP contribution in [0.1, 0.15) is 25.0 Å². The molecule has 10 rings (SSSR count). The highest BCUT2D eigenvalue weighted by atomic mass is 28.3. The zero-order valence-electron chi connectivity index (χ0n) is 29.8. The van der Waals surface area contributed by atoms with Crippen LogP contribution in [0.2, 0.25) is 13.1 Å². The highest BCUT2D eigenvalue weighted by molar-refractivity contribution is 7.03. The third-order valence-electron chi connectivity index (χ3n) is 11.6. The lowest BCUT2D eigenvalue weighted by Crippen LogP contribution is -2.49. The van der Waals surface area contributed by atoms with Crippen LogP contribution in [-0.2, 0) is 5.41 Å². The van der Waals surface area contributed by atoms with Crippen LogP contribution in [0, 0.1) is 0 Å². The van der Waals surface area contributed by atoms with Gasteiger partial charge in [0.05, 0.1) is 0 Å². The maximum absolute atomic E-state index is 5.31. The van der Waals surface area contributed by atoms with E-state index in [4.69, 9.17) is 15.0 Å². The first kappa shape index (κ1) is 30.8. The Labute approximate surface area is 305 Å². The third-order valence-corrected chi connectivity index (χ3v) is 15.1. The molecule has 7 aromatic carbocycles. The molecule has 2 aliphatic rings. The Kier molecular flexibility index (Phi) is 6.68. The maximum atomic E-state index is 5.31. The first-order valence-electron chi connectivity index (χ1n) is 18.1. The van der Waals surface area contributed by atoms with E-state index in [0.29, 0.717) is 17.5 Å². The second kappa shape index (κ2) is 11.3. The summed E-state index contributed by atoms with van der Waals surface area (Å²) in [6.07, 6.45) is 0. The number of hydrogen-bond donors (Lipinski definition) is 0. The topological polar surface area (TPSA) is 38.7 Å². The number of rotatable bonds is 4. The highest BCUT2D eigenvalue weighted by Crippen LogP contribution is 2.51. The summed E-state index contributed by atoms with van der Waals surface area (Å²) in [5.41, 5.74) is 13.1. The van der Waals surface area contributed by atoms with E-state index in [1.54, 1.807) is 0 Å². The van der Waals surface area contributed by atoms with E-state index in [9.17, 15) is 0 Å². The zero-order valence-corrected chi connectivity index (χ0v) is 30.8. The summed E-state index contributed by atoms with van der Waals surface area (Å²) in [5.74, 6) is 2.07. The minimum absolute atomic E-state index is 0.121. The smallest absolute Gasteiger partial charge is 0.164 e. The van der Waals surface area contributed by atoms with Gasteiger partial charge in [0.15, 0.2) is 17.5 Å². The van der Waals surface area contributed by atoms with E-state index >= 15 is 0 Å². The first-order valence-corrected chi connectivity index (χ1v) is 21.1. The van der Waals surface area contributed by atoms with Gasteiger partial charge in [0.2, 0.25) is 0 Å². The standard InChI is InChI=1S/C48H37N3Si/c1-48(2)40-17-9-7-15-38(40)44-39(16-11-18-41(44)48)47-50-45(32-23-20-31(21-24-32)34-25-22-30-12-5-6-13-33(30)28-34)49-46(51-47)35-26-27-37-36-14-8-10-19-42(36)52(3,4)43(37)29-35/h5-29H,1-4H3. The van der Waals surface area contributed by atoms with Gasteiger partial charge in [-0.25, -0.2) is 15.0 Å². The third kappa shape index (κ3) is 4.61. The monoisotopic (exact) mass is 683 g/mol. The molecule has 4 heteroatoms. The Balaban J connectivity index is 1.14. The number of benzene rings is 7. The van der Waals surface area contributed by atoms with Crippen molar-refractivity contribution in [2.45, 2.75) is 32.4 Å². The largest absolute Gasteiger partial charge is 0.208 e. The second-order valence-electron chi connectivity index (χ2n) is 15.3. The lowest BCUT2D eigenvalue weighted by atomic mass is 9.82. The van der Waals surface area contributed by atoms with Gasteiger partial charge in [0.1, 0.15) is 8.07 Å². The van der Waals surface area contributed by atoms with E-state index in [1.165, 1.54) is 60.1 Å². The minimum atomic E-state index is -1.90. The van der Waals surface area contributed by atoms with Crippen LogP contribution in [-0.4, -0.2) is 23.0 Å². The molecule has 0 bridgehead atoms. The molecule has 0 N–H and O–H groups in total. The molecule has 3 nitrogen and oxygen atoms in total. The van der Waals surface area contributed by atoms with Crippen molar-refractivity contribution in [1.82, 2.24) is 15.0 Å². The Morgan fingerprint density at radius 3 is 1.81 bits per heavy atom. The molecule has 0 radical (unpaired) electrons. The number of hydrogen-bond acceptors (Lipinski definition) is 3. The molecule has 248 valence electrons. The molecule has 1 aliphatic carbocycles. The van der Waals surface area contributed by atoms with Crippen molar-refractivity contribution < 1.29 is 0 Å². The van der Waals surface area contributed by atoms with E-state index in [2.05, 4.69) is 179 Å². The average Bonchev–Trinajstić information content (AvgIpc) is 3.57. The van der Waals surface area contributed by atoms with Gasteiger partial charge in [0, 0.05) is 22.1 Å². The fraction of sp³-hybridized carbons (Fsp3) is 0.104. The minimum Gasteiger partial charge on any atom is -0.208 e. The summed E-state index contributed by atoms with van der Waals surface area (Å²) < 4.78 is 0. The van der Waals surface area contributed by atoms with E-state index in [1.807, 2.05) is 0 Å². The van der Waals surface area contributed by atoms with Gasteiger partial charge in [-0.2, -0.15) is 0 Å². The number of aromatic nitrogens is 3. The lowest BCUT2D eigenvalue weighted by molar-refractivity contribution is 0.660. The van der Waals surface area contributed by atoms with Gasteiger partial charge in [-0.05, 0) is 71.7 Å². The first-order chi connectivity index (χ1) is 25.3. The number of fused-ring (bicyclic) bond motifs is 7. The molecule has 0 fully saturated rings. The van der Waals surface area contributed by atoms with Gasteiger partial charge in [0.25, 0.3) is 0 Å². The summed E-state index contributed by atoms with van der Waals surface area (Å²) in [6.45, 7) is 9.54. The van der Waals surface area contributed by atoms with Crippen LogP contribution < -0.4 is 10.4 Å². The summed E-state index contributed by atoms with van der Waals surface area (Å²) in [7, 11) is -1.90. The van der Waals surface area contributed by atoms with Crippen molar-refractivity contribution in [2.24, 2.45) is 0 Å². The summed E-state index contributed by atoms with van der Waals surface area (Å²) in [6, 6.07) is 55.0. The molecule has 0 saturated heterocycles. The maximum Gasteiger partial charge on any atom is 0.164 e. The van der Waals surface area contributed by atoms with Gasteiger partial charge >= 0.3 is 0 Å². The quantitative estimate of drug-likeness (QED) is 0.173. The normalized spacial score (nSPS) is 14.5. The summed E-state index contributed by atoms with van der Waals surface area (Å²) in [4.78, 5) is 15.8. The predicted octanol–water partition coefficient (Wildman–Crippen LogP) is 10.8. The summed E-state index contributed by atoms with van der Waals surface area (Å²) >= 11 is 0. The van der Waals surface area contributed by atoms with Crippen molar-refractivity contribution >= 4 is 29.2 Å². The SMILES string of the molecule is CC1(C)c2ccccc2-c2c(-c3nc(-c4ccc(-c5ccc6ccccc6c5)cc4)nc(-c4ccc5c(c4)[Si](C)(C)c4ccccc4-5)n3)cccc21. The van der Waals surface area contributed by atoms with Crippen molar-refractivity contribution in [1.29, 1.82) is 0 Å². The highest BCUT2D eigenvalue weighted by Gasteiger charge is 2.38. The second-order valence-corrected chi connectivity index (χ2v) is 19.6. The molecule has 1 aliphatic heterocycles. The molecule has 0 atom stereocenters. The molecule has 0 amide bonds. The average molecular weight is 684 g/mol. The van der Waals surface area contributed by atoms with E-state index in [0.717, 1.165) is 22.3 Å². The zero-order chi connectivity index (χ0) is 35.2. The molecule has 52 heavy (non-hydrogen) atoms. The molecule has 0 saturated carbocycles. The van der Waals surface area contributed by atoms with Crippen LogP contribution in [0.4, 0.5) is 0 Å². The van der Waals surface area contributed by atoms with Crippen LogP contribution in [0.25, 0.3) is 78.3 Å². The molecule has 0 unspecified atom stereocenters. The van der Waals surface area contributed by atoms with Crippen LogP contribution in [0.5, 0.6) is 0 Å². The lowest BCUT2D eigenvalue weighted by Gasteiger charge is -2.21. The Morgan fingerprint density at radius 2 is 0.981 bits per heavy atom. The van der Waals surface area contributed by atoms with Crippen LogP contribution in [0.3, 0.4) is 0 Å². The Morgan fingerprint density at radius 1 is 0.404 bits per heavy atom. The van der Waals surface area contributed by atoms with Gasteiger partial charge in [-0.3, -0.25) is 0 Å². The Hall–Kier alpha value is -5.97. The predicted molar refractivity (Wildman–Crippen MR) is 219 cm³/mol. The molecule has 2 heterocycles. The van der Waals surface area contributed by atoms with Crippen LogP contribution in [0.15, 0.2) is 152 Å². The van der Waals surface area contributed by atoms with Gasteiger partial charge in [-0.15, -0.1) is 0 Å². The number of nitrogens with zero attached hydrogens (tertiary/aromatic N) is 3.